The number of fused-ring (bicyclic) bond motifs is 1. The summed E-state index contributed by atoms with van der Waals surface area (Å²) in [7, 11) is 1.15. The van der Waals surface area contributed by atoms with E-state index < -0.39 is 29.4 Å². The average molecular weight is 541 g/mol. The largest absolute Gasteiger partial charge is 0.466 e. The Kier molecular flexibility index (Phi) is 7.31. The molecule has 0 radical (unpaired) electrons. The summed E-state index contributed by atoms with van der Waals surface area (Å²) in [5.74, 6) is -1.13. The van der Waals surface area contributed by atoms with Gasteiger partial charge in [0.2, 0.25) is 11.9 Å². The van der Waals surface area contributed by atoms with E-state index in [0.717, 1.165) is 23.8 Å². The Balaban J connectivity index is 1.98. The fourth-order valence-corrected chi connectivity index (χ4v) is 4.61. The van der Waals surface area contributed by atoms with E-state index >= 15 is 0 Å². The van der Waals surface area contributed by atoms with Crippen LogP contribution in [0.3, 0.4) is 0 Å². The van der Waals surface area contributed by atoms with Gasteiger partial charge in [0.1, 0.15) is 6.04 Å². The number of hydrogen-bond donors (Lipinski definition) is 2. The smallest absolute Gasteiger partial charge is 0.416 e. The molecule has 1 atom stereocenters. The minimum Gasteiger partial charge on any atom is -0.466 e. The Morgan fingerprint density at radius 3 is 2.62 bits per heavy atom. The second kappa shape index (κ2) is 10.5. The lowest BCUT2D eigenvalue weighted by molar-refractivity contribution is -0.138. The molecule has 0 spiro atoms. The third-order valence-electron chi connectivity index (χ3n) is 6.31. The number of carbonyl (C=O) groups excluding carboxylic acids is 2. The number of benzene rings is 2. The van der Waals surface area contributed by atoms with Gasteiger partial charge in [0.25, 0.3) is 0 Å². The highest BCUT2D eigenvalue weighted by molar-refractivity contribution is 5.93. The Bertz CT molecular complexity index is 1580. The number of nitrogens with zero attached hydrogens (tertiary/aromatic N) is 4. The number of aromatic amines is 1. The molecule has 0 aliphatic carbocycles. The van der Waals surface area contributed by atoms with Crippen LogP contribution < -0.4 is 15.9 Å². The quantitative estimate of drug-likeness (QED) is 0.458. The van der Waals surface area contributed by atoms with Gasteiger partial charge < -0.3 is 10.1 Å². The number of methoxy groups -OCH3 is 1. The highest BCUT2D eigenvalue weighted by Crippen LogP contribution is 2.43. The summed E-state index contributed by atoms with van der Waals surface area (Å²) in [5, 5.41) is 18.5. The van der Waals surface area contributed by atoms with Crippen molar-refractivity contribution in [1.82, 2.24) is 20.1 Å². The van der Waals surface area contributed by atoms with Crippen LogP contribution in [0.25, 0.3) is 0 Å². The summed E-state index contributed by atoms with van der Waals surface area (Å²) in [6.07, 6.45) is -4.37. The first-order chi connectivity index (χ1) is 18.5. The van der Waals surface area contributed by atoms with E-state index in [1.807, 2.05) is 6.07 Å². The molecule has 4 rings (SSSR count). The van der Waals surface area contributed by atoms with Crippen LogP contribution in [0.1, 0.15) is 42.1 Å². The first-order valence-electron chi connectivity index (χ1n) is 11.7. The van der Waals surface area contributed by atoms with E-state index in [4.69, 9.17) is 4.74 Å². The van der Waals surface area contributed by atoms with Crippen molar-refractivity contribution in [2.45, 2.75) is 32.5 Å². The number of hydrogen-bond acceptors (Lipinski definition) is 7. The van der Waals surface area contributed by atoms with Crippen molar-refractivity contribution < 1.29 is 27.5 Å². The summed E-state index contributed by atoms with van der Waals surface area (Å²) in [5.41, 5.74) is -0.122. The number of amides is 1. The summed E-state index contributed by atoms with van der Waals surface area (Å²) < 4.78 is 46.7. The Labute approximate surface area is 220 Å². The van der Waals surface area contributed by atoms with Crippen LogP contribution in [-0.2, 0) is 26.9 Å². The van der Waals surface area contributed by atoms with E-state index in [2.05, 4.69) is 15.5 Å². The molecule has 2 N–H and O–H groups in total. The van der Waals surface area contributed by atoms with Gasteiger partial charge in [-0.05, 0) is 54.8 Å². The fourth-order valence-electron chi connectivity index (χ4n) is 4.61. The second-order valence-electron chi connectivity index (χ2n) is 8.73. The lowest BCUT2D eigenvalue weighted by Gasteiger charge is -2.36. The zero-order chi connectivity index (χ0) is 28.5. The van der Waals surface area contributed by atoms with Crippen molar-refractivity contribution in [2.75, 3.05) is 18.6 Å². The first kappa shape index (κ1) is 27.2. The summed E-state index contributed by atoms with van der Waals surface area (Å²) >= 11 is 0. The maximum atomic E-state index is 13.5. The monoisotopic (exact) mass is 540 g/mol. The first-order valence-corrected chi connectivity index (χ1v) is 11.7. The number of halogens is 3. The van der Waals surface area contributed by atoms with Crippen molar-refractivity contribution in [3.05, 3.63) is 86.5 Å². The molecule has 39 heavy (non-hydrogen) atoms. The lowest BCUT2D eigenvalue weighted by atomic mass is 9.89. The molecule has 1 aliphatic rings. The summed E-state index contributed by atoms with van der Waals surface area (Å²) in [4.78, 5) is 39.0. The molecule has 0 saturated heterocycles. The topological polar surface area (TPSA) is 133 Å². The van der Waals surface area contributed by atoms with Gasteiger partial charge in [0, 0.05) is 24.9 Å². The van der Waals surface area contributed by atoms with E-state index in [9.17, 15) is 32.8 Å². The highest BCUT2D eigenvalue weighted by atomic mass is 19.4. The molecule has 10 nitrogen and oxygen atoms in total. The van der Waals surface area contributed by atoms with Gasteiger partial charge in [-0.1, -0.05) is 12.1 Å². The molecule has 1 aliphatic heterocycles. The molecule has 1 aromatic heterocycles. The lowest BCUT2D eigenvalue weighted by Crippen LogP contribution is -2.38. The van der Waals surface area contributed by atoms with Crippen molar-refractivity contribution in [3.63, 3.8) is 0 Å². The zero-order valence-corrected chi connectivity index (χ0v) is 21.1. The molecule has 2 aromatic carbocycles. The minimum atomic E-state index is -4.63. The highest BCUT2D eigenvalue weighted by Gasteiger charge is 2.41. The molecular weight excluding hydrogens is 517 g/mol. The maximum absolute atomic E-state index is 13.5. The molecule has 0 unspecified atom stereocenters. The number of nitriles is 1. The van der Waals surface area contributed by atoms with Gasteiger partial charge in [0.15, 0.2) is 0 Å². The number of H-pyrrole nitrogens is 1. The predicted molar refractivity (Wildman–Crippen MR) is 133 cm³/mol. The number of allylic oxidation sites excluding steroid dienone is 1. The van der Waals surface area contributed by atoms with Crippen LogP contribution in [0.4, 0.5) is 24.8 Å². The van der Waals surface area contributed by atoms with Crippen LogP contribution in [0.5, 0.6) is 0 Å². The van der Waals surface area contributed by atoms with E-state index in [1.54, 1.807) is 12.1 Å². The van der Waals surface area contributed by atoms with E-state index in [0.29, 0.717) is 16.7 Å². The maximum Gasteiger partial charge on any atom is 0.416 e. The Morgan fingerprint density at radius 1 is 1.23 bits per heavy atom. The van der Waals surface area contributed by atoms with Gasteiger partial charge in [-0.15, -0.1) is 5.10 Å². The Hall–Kier alpha value is -4.86. The predicted octanol–water partition coefficient (Wildman–Crippen LogP) is 3.33. The number of anilines is 2. The molecule has 13 heteroatoms. The van der Waals surface area contributed by atoms with Gasteiger partial charge in [-0.3, -0.25) is 9.69 Å². The number of esters is 1. The van der Waals surface area contributed by atoms with Gasteiger partial charge in [0.05, 0.1) is 29.9 Å². The third-order valence-corrected chi connectivity index (χ3v) is 6.31. The van der Waals surface area contributed by atoms with Gasteiger partial charge in [-0.25, -0.2) is 19.3 Å². The summed E-state index contributed by atoms with van der Waals surface area (Å²) in [6.45, 7) is 3.08. The number of alkyl halides is 3. The molecule has 2 heterocycles. The summed E-state index contributed by atoms with van der Waals surface area (Å²) in [6, 6.07) is 10.1. The van der Waals surface area contributed by atoms with Crippen molar-refractivity contribution >= 4 is 23.5 Å². The second-order valence-corrected chi connectivity index (χ2v) is 8.73. The molecule has 0 saturated carbocycles. The SMILES string of the molecule is COC(=O)C1=C(C)N(c2cccc(C(F)(F)F)c2)c2n[nH]c(=O)n2[C@@H]1c1ccc(C#N)cc1CCNC(C)=O. The average Bonchev–Trinajstić information content (AvgIpc) is 3.27. The van der Waals surface area contributed by atoms with Crippen molar-refractivity contribution in [2.24, 2.45) is 0 Å². The van der Waals surface area contributed by atoms with Crippen molar-refractivity contribution in [1.29, 1.82) is 5.26 Å². The number of ether oxygens (including phenoxy) is 1. The van der Waals surface area contributed by atoms with Crippen molar-refractivity contribution in [3.8, 4) is 6.07 Å². The molecule has 3 aromatic rings. The van der Waals surface area contributed by atoms with Crippen LogP contribution in [0.15, 0.2) is 58.5 Å². The molecule has 202 valence electrons. The standard InChI is InChI=1S/C26H23F3N6O4/c1-14-21(23(37)39-3)22(20-8-7-16(13-30)11-17(20)9-10-31-15(2)36)35-24(32-33-25(35)38)34(14)19-6-4-5-18(12-19)26(27,28)29/h4-8,11-12,22H,9-10H2,1-3H3,(H,31,36)(H,33,38)/t22-/m1/s1. The van der Waals surface area contributed by atoms with Crippen LogP contribution in [0.2, 0.25) is 0 Å². The normalized spacial score (nSPS) is 15.0. The van der Waals surface area contributed by atoms with Crippen LogP contribution in [0, 0.1) is 11.3 Å². The third kappa shape index (κ3) is 5.13. The molecule has 0 bridgehead atoms. The van der Waals surface area contributed by atoms with Gasteiger partial charge >= 0.3 is 17.8 Å². The van der Waals surface area contributed by atoms with Crippen LogP contribution in [-0.4, -0.2) is 40.3 Å². The fraction of sp³-hybridized carbons (Fsp3) is 0.269. The number of carbonyl (C=O) groups is 2. The molecule has 0 fully saturated rings. The van der Waals surface area contributed by atoms with Crippen LogP contribution >= 0.6 is 0 Å². The van der Waals surface area contributed by atoms with E-state index in [1.165, 1.54) is 36.9 Å². The van der Waals surface area contributed by atoms with E-state index in [-0.39, 0.29) is 41.8 Å². The zero-order valence-electron chi connectivity index (χ0n) is 21.1. The number of rotatable bonds is 6. The Morgan fingerprint density at radius 2 is 1.97 bits per heavy atom. The number of nitrogens with one attached hydrogen (secondary N) is 2. The number of aromatic nitrogens is 3. The molecule has 1 amide bonds. The minimum absolute atomic E-state index is 0.0172. The van der Waals surface area contributed by atoms with Gasteiger partial charge in [-0.2, -0.15) is 18.4 Å². The molecular formula is C26H23F3N6O4.